The molecule has 0 saturated carbocycles. The maximum atomic E-state index is 8.60. The molecule has 4 aromatic carbocycles. The van der Waals surface area contributed by atoms with Gasteiger partial charge in [0, 0.05) is 0 Å². The molecule has 0 atom stereocenters. The largest absolute Gasteiger partial charge is 0.218 e. The highest BCUT2D eigenvalue weighted by Crippen LogP contribution is 2.56. The topological polar surface area (TPSA) is 107 Å². The van der Waals surface area contributed by atoms with Gasteiger partial charge in [-0.05, 0) is 55.5 Å². The van der Waals surface area contributed by atoms with E-state index in [4.69, 9.17) is 35.3 Å². The van der Waals surface area contributed by atoms with Crippen molar-refractivity contribution in [2.45, 2.75) is 6.92 Å². The van der Waals surface area contributed by atoms with Crippen LogP contribution >= 0.6 is 18.9 Å². The van der Waals surface area contributed by atoms with Crippen molar-refractivity contribution in [2.75, 3.05) is 0 Å². The van der Waals surface area contributed by atoms with E-state index in [0.717, 1.165) is 16.7 Å². The van der Waals surface area contributed by atoms with Gasteiger partial charge >= 0.3 is 0 Å². The first-order chi connectivity index (χ1) is 17.7. The van der Waals surface area contributed by atoms with Crippen molar-refractivity contribution in [1.29, 1.82) is 0 Å². The summed E-state index contributed by atoms with van der Waals surface area (Å²) in [5.74, 6) is 0. The molecule has 5 rings (SSSR count). The minimum atomic E-state index is -4.69. The third-order valence-corrected chi connectivity index (χ3v) is 10.6. The predicted octanol–water partition coefficient (Wildman–Crippen LogP) is 1.33. The predicted molar refractivity (Wildman–Crippen MR) is 140 cm³/mol. The molecule has 0 saturated heterocycles. The number of rotatable bonds is 5. The fourth-order valence-electron chi connectivity index (χ4n) is 4.40. The Labute approximate surface area is 223 Å². The van der Waals surface area contributed by atoms with Gasteiger partial charge in [-0.3, -0.25) is 0 Å². The summed E-state index contributed by atoms with van der Waals surface area (Å²) in [4.78, 5) is 0. The van der Waals surface area contributed by atoms with Crippen molar-refractivity contribution in [3.63, 3.8) is 0 Å². The number of hydrogen-bond donors (Lipinski definition) is 1. The Morgan fingerprint density at radius 1 is 0.676 bits per heavy atom. The fourth-order valence-corrected chi connectivity index (χ4v) is 9.48. The molecular formula is C28H24Cl2N2O4P+. The van der Waals surface area contributed by atoms with E-state index in [1.165, 1.54) is 15.9 Å². The van der Waals surface area contributed by atoms with Gasteiger partial charge in [0.15, 0.2) is 10.5 Å². The fraction of sp³-hybridized carbons (Fsp3) is 0.0357. The van der Waals surface area contributed by atoms with Crippen LogP contribution in [-0.2, 0) is 0 Å². The van der Waals surface area contributed by atoms with Crippen LogP contribution in [0.3, 0.4) is 0 Å². The van der Waals surface area contributed by atoms with Crippen LogP contribution in [0, 0.1) is 17.2 Å². The van der Waals surface area contributed by atoms with Crippen molar-refractivity contribution in [3.05, 3.63) is 132 Å². The van der Waals surface area contributed by atoms with Gasteiger partial charge in [-0.2, -0.15) is 19.1 Å². The minimum absolute atomic E-state index is 0.665. The summed E-state index contributed by atoms with van der Waals surface area (Å²) in [6.07, 6.45) is 0. The van der Waals surface area contributed by atoms with E-state index in [9.17, 15) is 0 Å². The summed E-state index contributed by atoms with van der Waals surface area (Å²) in [5, 5.41) is 10.5. The molecule has 1 aromatic heterocycles. The maximum absolute atomic E-state index is 8.60. The van der Waals surface area contributed by atoms with Gasteiger partial charge in [0.05, 0.1) is 20.6 Å². The lowest BCUT2D eigenvalue weighted by molar-refractivity contribution is -1.92. The average Bonchev–Trinajstić information content (AvgIpc) is 3.20. The first-order valence-corrected chi connectivity index (χ1v) is 14.7. The average molecular weight is 554 g/mol. The van der Waals surface area contributed by atoms with Crippen LogP contribution in [0.5, 0.6) is 0 Å². The molecule has 0 fully saturated rings. The summed E-state index contributed by atoms with van der Waals surface area (Å²) < 4.78 is 34.6. The Balaban J connectivity index is 0.000000586. The van der Waals surface area contributed by atoms with Gasteiger partial charge in [-0.25, -0.2) is 4.68 Å². The highest BCUT2D eigenvalue weighted by molar-refractivity contribution is 8.01. The lowest BCUT2D eigenvalue weighted by atomic mass is 10.3. The minimum Gasteiger partial charge on any atom is -0.218 e. The van der Waals surface area contributed by atoms with Crippen LogP contribution in [0.4, 0.5) is 0 Å². The van der Waals surface area contributed by atoms with E-state index in [1.807, 2.05) is 35.0 Å². The Morgan fingerprint density at radius 3 is 1.35 bits per heavy atom. The van der Waals surface area contributed by atoms with E-state index in [2.05, 4.69) is 97.9 Å². The lowest BCUT2D eigenvalue weighted by Crippen LogP contribution is -2.58. The summed E-state index contributed by atoms with van der Waals surface area (Å²) in [6, 6.07) is 42.3. The van der Waals surface area contributed by atoms with Gasteiger partial charge in [-0.1, -0.05) is 84.4 Å². The van der Waals surface area contributed by atoms with E-state index < -0.39 is 17.5 Å². The Hall–Kier alpha value is -3.06. The van der Waals surface area contributed by atoms with E-state index >= 15 is 0 Å². The van der Waals surface area contributed by atoms with Gasteiger partial charge < -0.3 is 0 Å². The molecule has 0 aliphatic rings. The van der Waals surface area contributed by atoms with Gasteiger partial charge in [0.25, 0.3) is 0 Å². The molecule has 9 heteroatoms. The molecular weight excluding hydrogens is 530 g/mol. The van der Waals surface area contributed by atoms with Crippen molar-refractivity contribution in [1.82, 2.24) is 9.78 Å². The van der Waals surface area contributed by atoms with E-state index in [0.29, 0.717) is 5.15 Å². The molecule has 1 heterocycles. The molecule has 0 radical (unpaired) electrons. The van der Waals surface area contributed by atoms with Crippen LogP contribution in [0.25, 0.3) is 5.69 Å². The van der Waals surface area contributed by atoms with Crippen LogP contribution in [0.1, 0.15) is 5.69 Å². The smallest absolute Gasteiger partial charge is 0.176 e. The zero-order valence-corrected chi connectivity index (χ0v) is 22.2. The molecule has 0 unspecified atom stereocenters. The highest BCUT2D eigenvalue weighted by atomic mass is 35.7. The third kappa shape index (κ3) is 5.93. The summed E-state index contributed by atoms with van der Waals surface area (Å²) in [6.45, 7) is 2.07. The van der Waals surface area contributed by atoms with Crippen LogP contribution in [-0.4, -0.2) is 14.4 Å². The molecule has 6 nitrogen and oxygen atoms in total. The summed E-state index contributed by atoms with van der Waals surface area (Å²) in [5.41, 5.74) is 1.91. The van der Waals surface area contributed by atoms with E-state index in [-0.39, 0.29) is 0 Å². The molecule has 0 aliphatic heterocycles. The third-order valence-electron chi connectivity index (χ3n) is 5.74. The molecule has 0 amide bonds. The standard InChI is InChI=1S/C28H23ClN2P.ClHO4/c1-22-27(28(29)31(30-22)23-14-6-2-7-15-23)32(24-16-8-3-9-17-24,25-18-10-4-11-19-25)26-20-12-5-13-21-26;2-1(3,4)5/h2-21H,1H3;(H,2,3,4,5)/q+1;. The van der Waals surface area contributed by atoms with Crippen LogP contribution in [0.2, 0.25) is 5.15 Å². The van der Waals surface area contributed by atoms with Gasteiger partial charge in [0.2, 0.25) is 0 Å². The molecule has 0 bridgehead atoms. The summed E-state index contributed by atoms with van der Waals surface area (Å²) in [7, 11) is -6.99. The van der Waals surface area contributed by atoms with Crippen molar-refractivity contribution >= 4 is 40.1 Å². The number of benzene rings is 4. The van der Waals surface area contributed by atoms with Crippen LogP contribution in [0.15, 0.2) is 121 Å². The molecule has 0 aliphatic carbocycles. The number of halogens is 2. The first-order valence-electron chi connectivity index (χ1n) is 11.2. The molecule has 1 N–H and O–H groups in total. The monoisotopic (exact) mass is 553 g/mol. The summed E-state index contributed by atoms with van der Waals surface area (Å²) >= 11 is 7.23. The maximum Gasteiger partial charge on any atom is 0.176 e. The van der Waals surface area contributed by atoms with Crippen LogP contribution < -0.4 is 35.2 Å². The Bertz CT molecular complexity index is 1330. The molecule has 188 valence electrons. The van der Waals surface area contributed by atoms with Gasteiger partial charge in [0.1, 0.15) is 28.9 Å². The Morgan fingerprint density at radius 2 is 1.00 bits per heavy atom. The number of aromatic nitrogens is 2. The molecule has 0 spiro atoms. The SMILES string of the molecule is Cc1nn(-c2ccccc2)c(Cl)c1[P+](c1ccccc1)(c1ccccc1)c1ccccc1.[O-][Cl+3]([O-])([O-])O. The number of nitrogens with zero attached hydrogens (tertiary/aromatic N) is 2. The number of aryl methyl sites for hydroxylation is 1. The van der Waals surface area contributed by atoms with Gasteiger partial charge in [-0.15, -0.1) is 0 Å². The van der Waals surface area contributed by atoms with E-state index in [1.54, 1.807) is 0 Å². The second-order valence-electron chi connectivity index (χ2n) is 8.05. The zero-order chi connectivity index (χ0) is 26.5. The van der Waals surface area contributed by atoms with Crippen molar-refractivity contribution < 1.29 is 28.9 Å². The quantitative estimate of drug-likeness (QED) is 0.330. The Kier molecular flexibility index (Phi) is 8.42. The molecule has 5 aromatic rings. The normalized spacial score (nSPS) is 11.5. The number of hydrogen-bond acceptors (Lipinski definition) is 5. The first kappa shape index (κ1) is 27.0. The second kappa shape index (κ2) is 11.5. The number of para-hydroxylation sites is 1. The second-order valence-corrected chi connectivity index (χ2v) is 12.5. The highest BCUT2D eigenvalue weighted by Gasteiger charge is 2.52. The van der Waals surface area contributed by atoms with Crippen molar-refractivity contribution in [3.8, 4) is 5.69 Å². The zero-order valence-electron chi connectivity index (χ0n) is 19.8. The molecule has 37 heavy (non-hydrogen) atoms. The lowest BCUT2D eigenvalue weighted by Gasteiger charge is -2.27. The van der Waals surface area contributed by atoms with Crippen molar-refractivity contribution in [2.24, 2.45) is 0 Å².